The summed E-state index contributed by atoms with van der Waals surface area (Å²) in [5, 5.41) is 5.24. The number of benzene rings is 3. The van der Waals surface area contributed by atoms with Gasteiger partial charge in [0.05, 0.1) is 11.3 Å². The average Bonchev–Trinajstić information content (AvgIpc) is 3.53. The molecule has 2 amide bonds. The summed E-state index contributed by atoms with van der Waals surface area (Å²) in [6.45, 7) is -0.342. The Morgan fingerprint density at radius 3 is 2.50 bits per heavy atom. The Bertz CT molecular complexity index is 1420. The van der Waals surface area contributed by atoms with Crippen LogP contribution in [0.1, 0.15) is 27.1 Å². The van der Waals surface area contributed by atoms with Gasteiger partial charge in [-0.15, -0.1) is 0 Å². The number of carbonyl (C=O) groups excluding carboxylic acids is 4. The monoisotopic (exact) mass is 531 g/mol. The zero-order valence-electron chi connectivity index (χ0n) is 19.8. The molecular formula is C27H21N3O7S. The van der Waals surface area contributed by atoms with Gasteiger partial charge in [-0.3, -0.25) is 14.4 Å². The number of ether oxygens (including phenoxy) is 3. The molecule has 0 radical (unpaired) electrons. The SMILES string of the molecule is O=C(C[C@H]1SC(=Nc2ccccc2)NC1=O)Nc1ccc(C(=O)OCC(=O)c2ccc3c(c2)OCO3)cc1. The number of ketones is 1. The van der Waals surface area contributed by atoms with E-state index in [0.717, 1.165) is 0 Å². The number of anilines is 1. The Labute approximate surface area is 221 Å². The molecule has 0 saturated carbocycles. The fraction of sp³-hybridized carbons (Fsp3) is 0.148. The highest BCUT2D eigenvalue weighted by molar-refractivity contribution is 8.15. The molecule has 0 spiro atoms. The van der Waals surface area contributed by atoms with Crippen LogP contribution in [0.3, 0.4) is 0 Å². The molecular weight excluding hydrogens is 510 g/mol. The van der Waals surface area contributed by atoms with Gasteiger partial charge in [-0.1, -0.05) is 30.0 Å². The van der Waals surface area contributed by atoms with E-state index in [1.54, 1.807) is 18.2 Å². The number of rotatable bonds is 8. The number of nitrogens with zero attached hydrogens (tertiary/aromatic N) is 1. The Kier molecular flexibility index (Phi) is 7.36. The van der Waals surface area contributed by atoms with Gasteiger partial charge in [-0.05, 0) is 54.6 Å². The second-order valence-corrected chi connectivity index (χ2v) is 9.44. The molecule has 2 heterocycles. The summed E-state index contributed by atoms with van der Waals surface area (Å²) in [4.78, 5) is 53.9. The predicted molar refractivity (Wildman–Crippen MR) is 140 cm³/mol. The Balaban J connectivity index is 1.10. The number of esters is 1. The molecule has 5 rings (SSSR count). The summed E-state index contributed by atoms with van der Waals surface area (Å²) in [5.74, 6) is -0.686. The number of fused-ring (bicyclic) bond motifs is 1. The molecule has 11 heteroatoms. The van der Waals surface area contributed by atoms with Crippen LogP contribution in [0.2, 0.25) is 0 Å². The first-order valence-electron chi connectivity index (χ1n) is 11.6. The van der Waals surface area contributed by atoms with Gasteiger partial charge < -0.3 is 24.8 Å². The van der Waals surface area contributed by atoms with Gasteiger partial charge in [0.25, 0.3) is 0 Å². The Morgan fingerprint density at radius 2 is 1.71 bits per heavy atom. The first-order chi connectivity index (χ1) is 18.4. The molecule has 0 bridgehead atoms. The van der Waals surface area contributed by atoms with Gasteiger partial charge in [0.1, 0.15) is 5.25 Å². The Hall–Kier alpha value is -4.64. The molecule has 192 valence electrons. The van der Waals surface area contributed by atoms with Crippen molar-refractivity contribution in [2.24, 2.45) is 4.99 Å². The maximum atomic E-state index is 12.5. The van der Waals surface area contributed by atoms with Crippen molar-refractivity contribution in [3.63, 3.8) is 0 Å². The molecule has 10 nitrogen and oxygen atoms in total. The minimum atomic E-state index is -0.679. The first-order valence-corrected chi connectivity index (χ1v) is 12.4. The molecule has 2 aliphatic heterocycles. The highest BCUT2D eigenvalue weighted by Gasteiger charge is 2.32. The van der Waals surface area contributed by atoms with Crippen molar-refractivity contribution in [3.05, 3.63) is 83.9 Å². The fourth-order valence-electron chi connectivity index (χ4n) is 3.65. The highest BCUT2D eigenvalue weighted by atomic mass is 32.2. The number of Topliss-reactive ketones (excluding diaryl/α,β-unsaturated/α-hetero) is 1. The highest BCUT2D eigenvalue weighted by Crippen LogP contribution is 2.32. The minimum Gasteiger partial charge on any atom is -0.454 e. The molecule has 38 heavy (non-hydrogen) atoms. The van der Waals surface area contributed by atoms with Gasteiger partial charge >= 0.3 is 5.97 Å². The number of amidine groups is 1. The standard InChI is InChI=1S/C27H21N3O7S/c31-20(17-8-11-21-22(12-17)37-15-36-21)14-35-26(34)16-6-9-19(10-7-16)28-24(32)13-23-25(33)30-27(38-23)29-18-4-2-1-3-5-18/h1-12,23H,13-15H2,(H,28,32)(H,29,30,33)/t23-/m1/s1. The van der Waals surface area contributed by atoms with E-state index in [0.29, 0.717) is 33.6 Å². The lowest BCUT2D eigenvalue weighted by atomic mass is 10.1. The second-order valence-electron chi connectivity index (χ2n) is 8.25. The summed E-state index contributed by atoms with van der Waals surface area (Å²) >= 11 is 1.20. The maximum Gasteiger partial charge on any atom is 0.338 e. The lowest BCUT2D eigenvalue weighted by Crippen LogP contribution is -2.28. The minimum absolute atomic E-state index is 0.0456. The van der Waals surface area contributed by atoms with Crippen molar-refractivity contribution < 1.29 is 33.4 Å². The van der Waals surface area contributed by atoms with Crippen LogP contribution in [0, 0.1) is 0 Å². The molecule has 1 fully saturated rings. The summed E-state index contributed by atoms with van der Waals surface area (Å²) in [6.07, 6.45) is -0.0456. The number of thioether (sulfide) groups is 1. The second kappa shape index (κ2) is 11.2. The van der Waals surface area contributed by atoms with Crippen molar-refractivity contribution in [3.8, 4) is 11.5 Å². The molecule has 1 atom stereocenters. The smallest absolute Gasteiger partial charge is 0.338 e. The first kappa shape index (κ1) is 25.0. The molecule has 3 aromatic carbocycles. The van der Waals surface area contributed by atoms with Crippen molar-refractivity contribution in [1.82, 2.24) is 5.32 Å². The van der Waals surface area contributed by atoms with Gasteiger partial charge in [-0.25, -0.2) is 9.79 Å². The molecule has 0 unspecified atom stereocenters. The van der Waals surface area contributed by atoms with Crippen LogP contribution in [-0.4, -0.2) is 47.4 Å². The van der Waals surface area contributed by atoms with Crippen LogP contribution in [0.25, 0.3) is 0 Å². The summed E-state index contributed by atoms with van der Waals surface area (Å²) < 4.78 is 15.6. The largest absolute Gasteiger partial charge is 0.454 e. The molecule has 0 aromatic heterocycles. The van der Waals surface area contributed by atoms with Crippen LogP contribution in [0.4, 0.5) is 11.4 Å². The van der Waals surface area contributed by atoms with Gasteiger partial charge in [0.2, 0.25) is 18.6 Å². The number of para-hydroxylation sites is 1. The van der Waals surface area contributed by atoms with Crippen molar-refractivity contribution in [1.29, 1.82) is 0 Å². The van der Waals surface area contributed by atoms with Crippen molar-refractivity contribution >= 4 is 51.9 Å². The van der Waals surface area contributed by atoms with E-state index >= 15 is 0 Å². The summed E-state index contributed by atoms with van der Waals surface area (Å²) in [7, 11) is 0. The van der Waals surface area contributed by atoms with Gasteiger partial charge in [0.15, 0.2) is 29.1 Å². The van der Waals surface area contributed by atoms with E-state index in [-0.39, 0.29) is 36.4 Å². The van der Waals surface area contributed by atoms with E-state index in [2.05, 4.69) is 15.6 Å². The third-order valence-corrected chi connectivity index (χ3v) is 6.65. The normalized spacial score (nSPS) is 16.7. The van der Waals surface area contributed by atoms with Gasteiger partial charge in [-0.2, -0.15) is 0 Å². The summed E-state index contributed by atoms with van der Waals surface area (Å²) in [6, 6.07) is 20.0. The predicted octanol–water partition coefficient (Wildman–Crippen LogP) is 3.70. The van der Waals surface area contributed by atoms with E-state index < -0.39 is 17.8 Å². The van der Waals surface area contributed by atoms with Crippen LogP contribution in [0.15, 0.2) is 77.8 Å². The number of hydrogen-bond donors (Lipinski definition) is 2. The molecule has 3 aromatic rings. The number of amides is 2. The van der Waals surface area contributed by atoms with Crippen LogP contribution in [-0.2, 0) is 14.3 Å². The van der Waals surface area contributed by atoms with Crippen molar-refractivity contribution in [2.75, 3.05) is 18.7 Å². The number of aliphatic imine (C=N–C) groups is 1. The zero-order chi connectivity index (χ0) is 26.5. The van der Waals surface area contributed by atoms with E-state index in [9.17, 15) is 19.2 Å². The topological polar surface area (TPSA) is 132 Å². The molecule has 0 aliphatic carbocycles. The molecule has 2 N–H and O–H groups in total. The quantitative estimate of drug-likeness (QED) is 0.332. The lowest BCUT2D eigenvalue weighted by Gasteiger charge is -2.09. The van der Waals surface area contributed by atoms with Crippen LogP contribution in [0.5, 0.6) is 11.5 Å². The number of hydrogen-bond acceptors (Lipinski definition) is 9. The number of carbonyl (C=O) groups is 4. The molecule has 2 aliphatic rings. The third-order valence-electron chi connectivity index (χ3n) is 5.57. The van der Waals surface area contributed by atoms with E-state index in [4.69, 9.17) is 14.2 Å². The van der Waals surface area contributed by atoms with Crippen LogP contribution < -0.4 is 20.1 Å². The zero-order valence-corrected chi connectivity index (χ0v) is 20.7. The Morgan fingerprint density at radius 1 is 0.974 bits per heavy atom. The maximum absolute atomic E-state index is 12.5. The third kappa shape index (κ3) is 6.01. The molecule has 1 saturated heterocycles. The van der Waals surface area contributed by atoms with Crippen molar-refractivity contribution in [2.45, 2.75) is 11.7 Å². The average molecular weight is 532 g/mol. The van der Waals surface area contributed by atoms with Gasteiger partial charge in [0, 0.05) is 17.7 Å². The fourth-order valence-corrected chi connectivity index (χ4v) is 4.64. The summed E-state index contributed by atoms with van der Waals surface area (Å²) in [5.41, 5.74) is 1.71. The lowest BCUT2D eigenvalue weighted by molar-refractivity contribution is -0.122. The van der Waals surface area contributed by atoms with Crippen LogP contribution >= 0.6 is 11.8 Å². The van der Waals surface area contributed by atoms with E-state index in [1.165, 1.54) is 36.0 Å². The number of nitrogens with one attached hydrogen (secondary N) is 2. The van der Waals surface area contributed by atoms with E-state index in [1.807, 2.05) is 30.3 Å².